The molecule has 6 saturated carbocycles. The predicted molar refractivity (Wildman–Crippen MR) is 86.2 cm³/mol. The van der Waals surface area contributed by atoms with E-state index < -0.39 is 19.5 Å². The summed E-state index contributed by atoms with van der Waals surface area (Å²) in [7, 11) is 0. The third kappa shape index (κ3) is 5.49. The van der Waals surface area contributed by atoms with Crippen molar-refractivity contribution in [1.29, 1.82) is 0 Å². The Kier molecular flexibility index (Phi) is 3.89. The average Bonchev–Trinajstić information content (AvgIpc) is 3.28. The van der Waals surface area contributed by atoms with Crippen LogP contribution in [0, 0.1) is 41.4 Å². The molecule has 0 unspecified atom stereocenters. The molecule has 144 valence electrons. The fraction of sp³-hybridized carbons (Fsp3) is 0.833. The second-order valence-corrected chi connectivity index (χ2v) is 14.4. The fourth-order valence-corrected chi connectivity index (χ4v) is 5.56. The van der Waals surface area contributed by atoms with Crippen molar-refractivity contribution in [3.63, 3.8) is 0 Å². The van der Waals surface area contributed by atoms with Gasteiger partial charge in [0.05, 0.1) is 17.6 Å². The van der Waals surface area contributed by atoms with Gasteiger partial charge in [-0.2, -0.15) is 0 Å². The minimum absolute atomic E-state index is 1.02. The molecule has 0 atom stereocenters. The van der Waals surface area contributed by atoms with Crippen LogP contribution in [0.15, 0.2) is 11.6 Å². The van der Waals surface area contributed by atoms with E-state index in [1.165, 1.54) is 25.7 Å². The van der Waals surface area contributed by atoms with Crippen LogP contribution < -0.4 is 0 Å². The Bertz CT molecular complexity index is 516. The summed E-state index contributed by atoms with van der Waals surface area (Å²) in [5.41, 5.74) is 1.94. The molecule has 6 aliphatic carbocycles. The molecule has 0 amide bonds. The molecule has 6 rings (SSSR count). The van der Waals surface area contributed by atoms with Crippen molar-refractivity contribution in [2.45, 2.75) is 57.8 Å². The molecule has 0 radical (unpaired) electrons. The number of allylic oxidation sites excluding steroid dienone is 2. The summed E-state index contributed by atoms with van der Waals surface area (Å²) >= 11 is -11.2. The van der Waals surface area contributed by atoms with E-state index in [1.54, 1.807) is 32.1 Å². The van der Waals surface area contributed by atoms with E-state index in [9.17, 15) is 16.9 Å². The zero-order chi connectivity index (χ0) is 18.1. The third-order valence-electron chi connectivity index (χ3n) is 6.51. The summed E-state index contributed by atoms with van der Waals surface area (Å²) in [5.74, 6) is 8.26. The predicted octanol–water partition coefficient (Wildman–Crippen LogP) is 6.90. The molecular formula is C18H25F6Sb. The molecule has 0 aliphatic heterocycles. The van der Waals surface area contributed by atoms with Crippen molar-refractivity contribution in [3.8, 4) is 0 Å². The Balaban J connectivity index is 0.000000195. The molecule has 4 bridgehead atoms. The molecule has 0 spiro atoms. The van der Waals surface area contributed by atoms with Gasteiger partial charge in [0.1, 0.15) is 0 Å². The van der Waals surface area contributed by atoms with Crippen molar-refractivity contribution in [2.24, 2.45) is 35.5 Å². The third-order valence-corrected chi connectivity index (χ3v) is 6.51. The second-order valence-electron chi connectivity index (χ2n) is 8.96. The van der Waals surface area contributed by atoms with Gasteiger partial charge in [0.25, 0.3) is 0 Å². The first-order chi connectivity index (χ1) is 11.3. The van der Waals surface area contributed by atoms with Gasteiger partial charge >= 0.3 is 36.4 Å². The zero-order valence-electron chi connectivity index (χ0n) is 14.1. The van der Waals surface area contributed by atoms with Crippen molar-refractivity contribution in [3.05, 3.63) is 17.6 Å². The van der Waals surface area contributed by atoms with E-state index in [1.807, 2.05) is 11.5 Å². The Morgan fingerprint density at radius 2 is 1.04 bits per heavy atom. The second kappa shape index (κ2) is 5.29. The van der Waals surface area contributed by atoms with Gasteiger partial charge < -0.3 is 0 Å². The maximum absolute atomic E-state index is 11.2. The van der Waals surface area contributed by atoms with Crippen molar-refractivity contribution >= 4 is 19.5 Å². The van der Waals surface area contributed by atoms with Crippen molar-refractivity contribution in [1.82, 2.24) is 0 Å². The summed E-state index contributed by atoms with van der Waals surface area (Å²) < 4.78 is 59.6. The van der Waals surface area contributed by atoms with Gasteiger partial charge in [-0.3, -0.25) is 0 Å². The van der Waals surface area contributed by atoms with E-state index in [0.29, 0.717) is 0 Å². The minimum atomic E-state index is -11.2. The summed E-state index contributed by atoms with van der Waals surface area (Å²) in [6.07, 6.45) is 16.6. The molecular weight excluding hydrogens is 452 g/mol. The Labute approximate surface area is 147 Å². The maximum atomic E-state index is 9.93. The fourth-order valence-electron chi connectivity index (χ4n) is 5.56. The molecule has 25 heavy (non-hydrogen) atoms. The van der Waals surface area contributed by atoms with Crippen LogP contribution in [0.2, 0.25) is 0 Å². The van der Waals surface area contributed by atoms with Crippen LogP contribution in [-0.2, 0) is 0 Å². The molecule has 0 aromatic rings. The molecule has 6 aliphatic rings. The van der Waals surface area contributed by atoms with Gasteiger partial charge in [-0.25, -0.2) is 0 Å². The molecule has 6 fully saturated rings. The van der Waals surface area contributed by atoms with E-state index in [0.717, 1.165) is 35.5 Å². The monoisotopic (exact) mass is 476 g/mol. The SMILES string of the molecule is C(=C1C2CC3CC(C2)CC1C3)[C+](C1CC1)C1CC1.[F][Sb-]([F])([F])([F])([F])[F]. The van der Waals surface area contributed by atoms with E-state index in [-0.39, 0.29) is 0 Å². The topological polar surface area (TPSA) is 0 Å². The van der Waals surface area contributed by atoms with Crippen molar-refractivity contribution < 1.29 is 16.9 Å². The Hall–Kier alpha value is 0.00818. The van der Waals surface area contributed by atoms with Crippen LogP contribution in [-0.4, -0.2) is 19.5 Å². The van der Waals surface area contributed by atoms with E-state index in [4.69, 9.17) is 0 Å². The number of hydrogen-bond acceptors (Lipinski definition) is 0. The standard InChI is InChI=1S/C18H25.6FH.Sb/c1-2-13(1)17(14-3-4-14)10-18-15-6-11-5-12(8-15)9-16(18)7-11;;;;;;;/h10-16H,1-9H2;6*1H;/q+1;;;;;;;+5/p-6. The van der Waals surface area contributed by atoms with Gasteiger partial charge in [-0.15, -0.1) is 0 Å². The van der Waals surface area contributed by atoms with Crippen LogP contribution in [0.5, 0.6) is 0 Å². The number of rotatable bonds is 3. The molecule has 0 N–H and O–H groups in total. The van der Waals surface area contributed by atoms with Gasteiger partial charge in [0.15, 0.2) is 0 Å². The van der Waals surface area contributed by atoms with Crippen LogP contribution >= 0.6 is 0 Å². The van der Waals surface area contributed by atoms with Gasteiger partial charge in [-0.1, -0.05) is 0 Å². The molecule has 0 nitrogen and oxygen atoms in total. The summed E-state index contributed by atoms with van der Waals surface area (Å²) in [5, 5.41) is 0. The molecule has 0 aromatic carbocycles. The molecule has 7 heteroatoms. The van der Waals surface area contributed by atoms with Crippen LogP contribution in [0.25, 0.3) is 0 Å². The summed E-state index contributed by atoms with van der Waals surface area (Å²) in [6.45, 7) is 0. The number of halogens is 6. The number of hydrogen-bond donors (Lipinski definition) is 0. The first-order valence-corrected chi connectivity index (χ1v) is 15.3. The average molecular weight is 477 g/mol. The quantitative estimate of drug-likeness (QED) is 0.236. The van der Waals surface area contributed by atoms with E-state index in [2.05, 4.69) is 6.08 Å². The first-order valence-electron chi connectivity index (χ1n) is 9.46. The Morgan fingerprint density at radius 1 is 0.680 bits per heavy atom. The van der Waals surface area contributed by atoms with Gasteiger partial charge in [0, 0.05) is 23.7 Å². The van der Waals surface area contributed by atoms with Crippen LogP contribution in [0.1, 0.15) is 57.8 Å². The summed E-state index contributed by atoms with van der Waals surface area (Å²) in [4.78, 5) is 0. The molecule has 0 saturated heterocycles. The van der Waals surface area contributed by atoms with Gasteiger partial charge in [0.2, 0.25) is 0 Å². The zero-order valence-corrected chi connectivity index (χ0v) is 16.7. The Morgan fingerprint density at radius 3 is 1.36 bits per heavy atom. The first kappa shape index (κ1) is 18.4. The van der Waals surface area contributed by atoms with E-state index >= 15 is 0 Å². The van der Waals surface area contributed by atoms with Crippen LogP contribution in [0.3, 0.4) is 0 Å². The van der Waals surface area contributed by atoms with Gasteiger partial charge in [-0.05, 0) is 69.6 Å². The summed E-state index contributed by atoms with van der Waals surface area (Å²) in [6, 6.07) is 0. The van der Waals surface area contributed by atoms with Crippen LogP contribution in [0.4, 0.5) is 16.9 Å². The van der Waals surface area contributed by atoms with Crippen molar-refractivity contribution in [2.75, 3.05) is 0 Å². The molecule has 0 heterocycles. The molecule has 0 aromatic heterocycles. The normalized spacial score (nSPS) is 39.2.